The zero-order valence-corrected chi connectivity index (χ0v) is 13.7. The van der Waals surface area contributed by atoms with Crippen LogP contribution < -0.4 is 5.32 Å². The average Bonchev–Trinajstić information content (AvgIpc) is 2.54. The molecular weight excluding hydrogens is 270 g/mol. The van der Waals surface area contributed by atoms with Crippen LogP contribution in [0.4, 0.5) is 0 Å². The van der Waals surface area contributed by atoms with Crippen molar-refractivity contribution in [2.24, 2.45) is 5.92 Å². The fourth-order valence-electron chi connectivity index (χ4n) is 2.98. The molecule has 0 aliphatic rings. The summed E-state index contributed by atoms with van der Waals surface area (Å²) < 4.78 is 0. The molecule has 0 saturated heterocycles. The van der Waals surface area contributed by atoms with E-state index in [9.17, 15) is 5.11 Å². The van der Waals surface area contributed by atoms with Gasteiger partial charge in [0.05, 0.1) is 6.61 Å². The van der Waals surface area contributed by atoms with Crippen molar-refractivity contribution in [2.75, 3.05) is 6.61 Å². The van der Waals surface area contributed by atoms with Crippen molar-refractivity contribution in [3.05, 3.63) is 71.8 Å². The quantitative estimate of drug-likeness (QED) is 0.814. The first kappa shape index (κ1) is 16.7. The summed E-state index contributed by atoms with van der Waals surface area (Å²) in [5.41, 5.74) is 2.60. The lowest BCUT2D eigenvalue weighted by atomic mass is 9.85. The highest BCUT2D eigenvalue weighted by molar-refractivity contribution is 5.34. The highest BCUT2D eigenvalue weighted by Gasteiger charge is 2.24. The average molecular weight is 297 g/mol. The van der Waals surface area contributed by atoms with Crippen LogP contribution in [0.5, 0.6) is 0 Å². The van der Waals surface area contributed by atoms with Gasteiger partial charge in [0, 0.05) is 18.0 Å². The van der Waals surface area contributed by atoms with Crippen LogP contribution in [0.2, 0.25) is 0 Å². The predicted molar refractivity (Wildman–Crippen MR) is 93.0 cm³/mol. The molecule has 0 saturated carbocycles. The van der Waals surface area contributed by atoms with Crippen molar-refractivity contribution in [1.82, 2.24) is 5.32 Å². The molecule has 0 fully saturated rings. The Balaban J connectivity index is 2.29. The molecule has 2 nitrogen and oxygen atoms in total. The van der Waals surface area contributed by atoms with Gasteiger partial charge in [-0.15, -0.1) is 0 Å². The van der Waals surface area contributed by atoms with E-state index >= 15 is 0 Å². The van der Waals surface area contributed by atoms with Crippen molar-refractivity contribution in [2.45, 2.75) is 38.8 Å². The van der Waals surface area contributed by atoms with Crippen LogP contribution in [0.3, 0.4) is 0 Å². The third-order valence-corrected chi connectivity index (χ3v) is 4.30. The van der Waals surface area contributed by atoms with Gasteiger partial charge in [-0.25, -0.2) is 0 Å². The van der Waals surface area contributed by atoms with Gasteiger partial charge < -0.3 is 10.4 Å². The van der Waals surface area contributed by atoms with Crippen LogP contribution in [0, 0.1) is 5.92 Å². The number of hydrogen-bond acceptors (Lipinski definition) is 2. The van der Waals surface area contributed by atoms with E-state index in [1.54, 1.807) is 0 Å². The summed E-state index contributed by atoms with van der Waals surface area (Å²) in [6, 6.07) is 21.5. The van der Waals surface area contributed by atoms with Gasteiger partial charge in [-0.05, 0) is 24.0 Å². The molecule has 2 heteroatoms. The Morgan fingerprint density at radius 1 is 0.818 bits per heavy atom. The Morgan fingerprint density at radius 3 is 1.64 bits per heavy atom. The SMILES string of the molecule is CC(C)[C@H](CO)N[C@@H](C)C(c1ccccc1)c1ccccc1. The fourth-order valence-corrected chi connectivity index (χ4v) is 2.98. The lowest BCUT2D eigenvalue weighted by Gasteiger charge is -2.31. The Morgan fingerprint density at radius 2 is 1.27 bits per heavy atom. The van der Waals surface area contributed by atoms with Crippen LogP contribution in [0.25, 0.3) is 0 Å². The van der Waals surface area contributed by atoms with E-state index in [1.165, 1.54) is 11.1 Å². The first-order chi connectivity index (χ1) is 10.6. The lowest BCUT2D eigenvalue weighted by molar-refractivity contribution is 0.198. The second-order valence-electron chi connectivity index (χ2n) is 6.29. The van der Waals surface area contributed by atoms with E-state index < -0.39 is 0 Å². The van der Waals surface area contributed by atoms with Gasteiger partial charge in [-0.3, -0.25) is 0 Å². The summed E-state index contributed by atoms with van der Waals surface area (Å²) in [6.07, 6.45) is 0. The summed E-state index contributed by atoms with van der Waals surface area (Å²) >= 11 is 0. The van der Waals surface area contributed by atoms with Crippen molar-refractivity contribution in [3.8, 4) is 0 Å². The lowest BCUT2D eigenvalue weighted by Crippen LogP contribution is -2.45. The van der Waals surface area contributed by atoms with E-state index in [2.05, 4.69) is 74.6 Å². The second-order valence-corrected chi connectivity index (χ2v) is 6.29. The van der Waals surface area contributed by atoms with Gasteiger partial charge in [0.25, 0.3) is 0 Å². The van der Waals surface area contributed by atoms with Crippen molar-refractivity contribution in [3.63, 3.8) is 0 Å². The maximum atomic E-state index is 9.61. The van der Waals surface area contributed by atoms with Gasteiger partial charge in [0.1, 0.15) is 0 Å². The van der Waals surface area contributed by atoms with E-state index in [4.69, 9.17) is 0 Å². The topological polar surface area (TPSA) is 32.3 Å². The second kappa shape index (κ2) is 8.11. The molecule has 0 unspecified atom stereocenters. The molecular formula is C20H27NO. The molecule has 2 aromatic carbocycles. The first-order valence-electron chi connectivity index (χ1n) is 8.10. The van der Waals surface area contributed by atoms with Crippen LogP contribution in [-0.2, 0) is 0 Å². The predicted octanol–water partition coefficient (Wildman–Crippen LogP) is 3.81. The molecule has 0 amide bonds. The molecule has 0 aliphatic carbocycles. The largest absolute Gasteiger partial charge is 0.395 e. The smallest absolute Gasteiger partial charge is 0.0587 e. The normalized spacial score (nSPS) is 14.3. The third kappa shape index (κ3) is 4.19. The molecule has 0 radical (unpaired) electrons. The minimum absolute atomic E-state index is 0.116. The van der Waals surface area contributed by atoms with Gasteiger partial charge in [0.15, 0.2) is 0 Å². The monoisotopic (exact) mass is 297 g/mol. The molecule has 2 rings (SSSR count). The Bertz CT molecular complexity index is 499. The molecule has 118 valence electrons. The summed E-state index contributed by atoms with van der Waals surface area (Å²) in [5, 5.41) is 13.2. The number of nitrogens with one attached hydrogen (secondary N) is 1. The van der Waals surface area contributed by atoms with Gasteiger partial charge in [-0.1, -0.05) is 74.5 Å². The first-order valence-corrected chi connectivity index (χ1v) is 8.10. The minimum atomic E-state index is 0.116. The number of aliphatic hydroxyl groups excluding tert-OH is 1. The Labute approximate surface area is 134 Å². The molecule has 0 heterocycles. The van der Waals surface area contributed by atoms with Crippen LogP contribution >= 0.6 is 0 Å². The van der Waals surface area contributed by atoms with Crippen molar-refractivity contribution < 1.29 is 5.11 Å². The van der Waals surface area contributed by atoms with Gasteiger partial charge in [-0.2, -0.15) is 0 Å². The number of benzene rings is 2. The van der Waals surface area contributed by atoms with E-state index in [0.29, 0.717) is 5.92 Å². The van der Waals surface area contributed by atoms with Crippen LogP contribution in [0.15, 0.2) is 60.7 Å². The van der Waals surface area contributed by atoms with E-state index in [0.717, 1.165) is 0 Å². The minimum Gasteiger partial charge on any atom is -0.395 e. The summed E-state index contributed by atoms with van der Waals surface area (Å²) in [6.45, 7) is 6.65. The molecule has 2 aromatic rings. The number of aliphatic hydroxyl groups is 1. The van der Waals surface area contributed by atoms with E-state index in [-0.39, 0.29) is 24.6 Å². The molecule has 0 spiro atoms. The van der Waals surface area contributed by atoms with Gasteiger partial charge in [0.2, 0.25) is 0 Å². The molecule has 2 atom stereocenters. The Hall–Kier alpha value is -1.64. The Kier molecular flexibility index (Phi) is 6.17. The fraction of sp³-hybridized carbons (Fsp3) is 0.400. The van der Waals surface area contributed by atoms with Crippen molar-refractivity contribution >= 4 is 0 Å². The van der Waals surface area contributed by atoms with Crippen LogP contribution in [-0.4, -0.2) is 23.8 Å². The van der Waals surface area contributed by atoms with Crippen molar-refractivity contribution in [1.29, 1.82) is 0 Å². The van der Waals surface area contributed by atoms with Crippen LogP contribution in [0.1, 0.15) is 37.8 Å². The third-order valence-electron chi connectivity index (χ3n) is 4.30. The van der Waals surface area contributed by atoms with E-state index in [1.807, 2.05) is 12.1 Å². The molecule has 2 N–H and O–H groups in total. The zero-order valence-electron chi connectivity index (χ0n) is 13.7. The molecule has 22 heavy (non-hydrogen) atoms. The summed E-state index contributed by atoms with van der Waals surface area (Å²) in [7, 11) is 0. The summed E-state index contributed by atoms with van der Waals surface area (Å²) in [4.78, 5) is 0. The highest BCUT2D eigenvalue weighted by Crippen LogP contribution is 2.28. The maximum absolute atomic E-state index is 9.61. The standard InChI is InChI=1S/C20H27NO/c1-15(2)19(14-22)21-16(3)20(17-10-6-4-7-11-17)18-12-8-5-9-13-18/h4-13,15-16,19-22H,14H2,1-3H3/t16-,19-/m0/s1. The highest BCUT2D eigenvalue weighted by atomic mass is 16.3. The maximum Gasteiger partial charge on any atom is 0.0587 e. The molecule has 0 aromatic heterocycles. The number of rotatable bonds is 7. The van der Waals surface area contributed by atoms with Gasteiger partial charge >= 0.3 is 0 Å². The molecule has 0 bridgehead atoms. The zero-order chi connectivity index (χ0) is 15.9. The molecule has 0 aliphatic heterocycles. The number of hydrogen-bond donors (Lipinski definition) is 2. The summed E-state index contributed by atoms with van der Waals surface area (Å²) in [5.74, 6) is 0.676.